The molecule has 0 nitrogen and oxygen atoms in total. The zero-order valence-electron chi connectivity index (χ0n) is 31.6. The SMILES string of the molecule is c1ccc2cc(-c3cc4ccccc4c(-c4ccc(-c5ccc6ccc7cccc8ccc5c6c78)cc4)c3-c3ccc4ccc5cccc6ccc3c4c56)ccc2c1. The summed E-state index contributed by atoms with van der Waals surface area (Å²) in [6.07, 6.45) is 0. The topological polar surface area (TPSA) is 0 Å². The van der Waals surface area contributed by atoms with Crippen LogP contribution in [-0.4, -0.2) is 0 Å². The van der Waals surface area contributed by atoms with Crippen LogP contribution in [0.4, 0.5) is 0 Å². The van der Waals surface area contributed by atoms with Crippen LogP contribution in [-0.2, 0) is 0 Å². The van der Waals surface area contributed by atoms with Gasteiger partial charge in [0.2, 0.25) is 0 Å². The first-order chi connectivity index (χ1) is 28.7. The predicted octanol–water partition coefficient (Wildman–Crippen LogP) is 16.5. The molecule has 0 bridgehead atoms. The maximum Gasteiger partial charge on any atom is -0.00141 e. The van der Waals surface area contributed by atoms with Crippen LogP contribution in [0.15, 0.2) is 206 Å². The van der Waals surface area contributed by atoms with Gasteiger partial charge in [-0.25, -0.2) is 0 Å². The molecule has 0 heterocycles. The Morgan fingerprint density at radius 2 is 0.638 bits per heavy atom. The average Bonchev–Trinajstić information content (AvgIpc) is 3.29. The highest BCUT2D eigenvalue weighted by atomic mass is 14.2. The largest absolute Gasteiger partial charge is 0.0616 e. The number of hydrogen-bond donors (Lipinski definition) is 0. The Kier molecular flexibility index (Phi) is 6.54. The van der Waals surface area contributed by atoms with Crippen LogP contribution >= 0.6 is 0 Å². The lowest BCUT2D eigenvalue weighted by Gasteiger charge is -2.22. The normalized spacial score (nSPS) is 12.1. The molecule has 58 heavy (non-hydrogen) atoms. The van der Waals surface area contributed by atoms with Gasteiger partial charge in [-0.15, -0.1) is 0 Å². The Morgan fingerprint density at radius 1 is 0.190 bits per heavy atom. The highest BCUT2D eigenvalue weighted by molar-refractivity contribution is 6.28. The molecule has 0 aromatic heterocycles. The van der Waals surface area contributed by atoms with Gasteiger partial charge in [0.1, 0.15) is 0 Å². The summed E-state index contributed by atoms with van der Waals surface area (Å²) in [5, 5.41) is 20.6. The fourth-order valence-electron chi connectivity index (χ4n) is 10.3. The number of hydrogen-bond acceptors (Lipinski definition) is 0. The van der Waals surface area contributed by atoms with Crippen molar-refractivity contribution in [3.63, 3.8) is 0 Å². The standard InChI is InChI=1S/C58H34/c1-2-8-44-33-46(24-15-35(44)7-1)52-34-45-9-3-4-14-48(45)55(58(52)51-32-28-43-23-21-38-11-6-13-40-27-31-50(51)57(43)54(38)40)41-18-16-36(17-19-41)47-29-25-42-22-20-37-10-5-12-39-26-30-49(47)56(42)53(37)39/h1-34H. The van der Waals surface area contributed by atoms with E-state index in [1.54, 1.807) is 0 Å². The van der Waals surface area contributed by atoms with Crippen LogP contribution in [0, 0.1) is 0 Å². The van der Waals surface area contributed by atoms with Crippen molar-refractivity contribution in [1.82, 2.24) is 0 Å². The van der Waals surface area contributed by atoms with E-state index in [1.807, 2.05) is 0 Å². The van der Waals surface area contributed by atoms with Gasteiger partial charge < -0.3 is 0 Å². The first kappa shape index (κ1) is 31.6. The number of fused-ring (bicyclic) bond motifs is 2. The fourth-order valence-corrected chi connectivity index (χ4v) is 10.3. The molecule has 13 aromatic carbocycles. The van der Waals surface area contributed by atoms with E-state index in [0.29, 0.717) is 0 Å². The molecule has 0 atom stereocenters. The van der Waals surface area contributed by atoms with Gasteiger partial charge in [0.05, 0.1) is 0 Å². The summed E-state index contributed by atoms with van der Waals surface area (Å²) in [6, 6.07) is 77.4. The van der Waals surface area contributed by atoms with E-state index < -0.39 is 0 Å². The Hall–Kier alpha value is -7.54. The molecule has 0 saturated heterocycles. The van der Waals surface area contributed by atoms with Crippen molar-refractivity contribution in [2.75, 3.05) is 0 Å². The van der Waals surface area contributed by atoms with Crippen LogP contribution in [0.25, 0.3) is 131 Å². The molecular formula is C58H34. The second kappa shape index (κ2) is 12.0. The summed E-state index contributed by atoms with van der Waals surface area (Å²) in [4.78, 5) is 0. The molecule has 0 radical (unpaired) electrons. The van der Waals surface area contributed by atoms with E-state index in [0.717, 1.165) is 0 Å². The van der Waals surface area contributed by atoms with Crippen molar-refractivity contribution in [2.45, 2.75) is 0 Å². The lowest BCUT2D eigenvalue weighted by molar-refractivity contribution is 1.60. The average molecular weight is 731 g/mol. The van der Waals surface area contributed by atoms with Gasteiger partial charge >= 0.3 is 0 Å². The third-order valence-electron chi connectivity index (χ3n) is 12.9. The fraction of sp³-hybridized carbons (Fsp3) is 0. The van der Waals surface area contributed by atoms with Gasteiger partial charge in [-0.1, -0.05) is 194 Å². The second-order valence-electron chi connectivity index (χ2n) is 16.0. The molecule has 0 fully saturated rings. The molecule has 0 amide bonds. The van der Waals surface area contributed by atoms with Gasteiger partial charge in [-0.3, -0.25) is 0 Å². The highest BCUT2D eigenvalue weighted by Gasteiger charge is 2.22. The first-order valence-electron chi connectivity index (χ1n) is 20.2. The summed E-state index contributed by atoms with van der Waals surface area (Å²) in [5.74, 6) is 0. The maximum atomic E-state index is 2.43. The molecule has 13 aromatic rings. The Bertz CT molecular complexity index is 3740. The zero-order chi connectivity index (χ0) is 37.9. The molecule has 0 aliphatic rings. The van der Waals surface area contributed by atoms with E-state index in [1.165, 1.54) is 131 Å². The predicted molar refractivity (Wildman–Crippen MR) is 251 cm³/mol. The van der Waals surface area contributed by atoms with Crippen molar-refractivity contribution in [2.24, 2.45) is 0 Å². The second-order valence-corrected chi connectivity index (χ2v) is 16.0. The van der Waals surface area contributed by atoms with Gasteiger partial charge in [-0.2, -0.15) is 0 Å². The molecule has 266 valence electrons. The van der Waals surface area contributed by atoms with Crippen LogP contribution in [0.2, 0.25) is 0 Å². The van der Waals surface area contributed by atoms with E-state index in [9.17, 15) is 0 Å². The van der Waals surface area contributed by atoms with E-state index in [-0.39, 0.29) is 0 Å². The Labute approximate surface area is 335 Å². The Morgan fingerprint density at radius 3 is 1.29 bits per heavy atom. The minimum absolute atomic E-state index is 1.21. The lowest BCUT2D eigenvalue weighted by Crippen LogP contribution is -1.95. The quantitative estimate of drug-likeness (QED) is 0.158. The molecular weight excluding hydrogens is 697 g/mol. The zero-order valence-corrected chi connectivity index (χ0v) is 31.6. The van der Waals surface area contributed by atoms with Crippen LogP contribution in [0.1, 0.15) is 0 Å². The van der Waals surface area contributed by atoms with Crippen LogP contribution < -0.4 is 0 Å². The van der Waals surface area contributed by atoms with Gasteiger partial charge in [0, 0.05) is 0 Å². The first-order valence-corrected chi connectivity index (χ1v) is 20.2. The molecule has 0 heteroatoms. The van der Waals surface area contributed by atoms with E-state index in [4.69, 9.17) is 0 Å². The maximum absolute atomic E-state index is 2.43. The molecule has 0 aliphatic heterocycles. The smallest absolute Gasteiger partial charge is 0.00141 e. The lowest BCUT2D eigenvalue weighted by atomic mass is 9.81. The molecule has 0 N–H and O–H groups in total. The number of rotatable bonds is 4. The van der Waals surface area contributed by atoms with Crippen molar-refractivity contribution in [1.29, 1.82) is 0 Å². The van der Waals surface area contributed by atoms with E-state index >= 15 is 0 Å². The molecule has 0 aliphatic carbocycles. The van der Waals surface area contributed by atoms with Gasteiger partial charge in [0.25, 0.3) is 0 Å². The minimum atomic E-state index is 1.21. The Balaban J connectivity index is 1.10. The van der Waals surface area contributed by atoms with Crippen LogP contribution in [0.3, 0.4) is 0 Å². The summed E-state index contributed by atoms with van der Waals surface area (Å²) in [5.41, 5.74) is 9.94. The summed E-state index contributed by atoms with van der Waals surface area (Å²) in [6.45, 7) is 0. The summed E-state index contributed by atoms with van der Waals surface area (Å²) >= 11 is 0. The van der Waals surface area contributed by atoms with Gasteiger partial charge in [0.15, 0.2) is 0 Å². The minimum Gasteiger partial charge on any atom is -0.0616 e. The van der Waals surface area contributed by atoms with Crippen molar-refractivity contribution >= 4 is 86.2 Å². The highest BCUT2D eigenvalue weighted by Crippen LogP contribution is 2.49. The molecule has 0 spiro atoms. The summed E-state index contributed by atoms with van der Waals surface area (Å²) < 4.78 is 0. The molecule has 13 rings (SSSR count). The third kappa shape index (κ3) is 4.52. The van der Waals surface area contributed by atoms with Crippen molar-refractivity contribution in [3.8, 4) is 44.5 Å². The third-order valence-corrected chi connectivity index (χ3v) is 12.9. The van der Waals surface area contributed by atoms with Gasteiger partial charge in [-0.05, 0) is 143 Å². The van der Waals surface area contributed by atoms with Crippen molar-refractivity contribution in [3.05, 3.63) is 206 Å². The molecule has 0 saturated carbocycles. The van der Waals surface area contributed by atoms with E-state index in [2.05, 4.69) is 206 Å². The monoisotopic (exact) mass is 730 g/mol. The van der Waals surface area contributed by atoms with Crippen molar-refractivity contribution < 1.29 is 0 Å². The molecule has 0 unspecified atom stereocenters. The number of benzene rings is 13. The summed E-state index contributed by atoms with van der Waals surface area (Å²) in [7, 11) is 0. The van der Waals surface area contributed by atoms with Crippen LogP contribution in [0.5, 0.6) is 0 Å².